The fraction of sp³-hybridized carbons (Fsp3) is 0.256. The third-order valence-electron chi connectivity index (χ3n) is 9.25. The minimum absolute atomic E-state index is 0. The zero-order chi connectivity index (χ0) is 34.0. The van der Waals surface area contributed by atoms with Crippen molar-refractivity contribution in [3.05, 3.63) is 138 Å². The molecule has 254 valence electrons. The van der Waals surface area contributed by atoms with Crippen molar-refractivity contribution in [2.24, 2.45) is 5.41 Å². The molecule has 7 rings (SSSR count). The number of benzene rings is 4. The summed E-state index contributed by atoms with van der Waals surface area (Å²) in [5.74, 6) is 2.11. The van der Waals surface area contributed by atoms with Crippen LogP contribution in [0.15, 0.2) is 97.0 Å². The summed E-state index contributed by atoms with van der Waals surface area (Å²) in [5, 5.41) is 2.26. The number of hydrogen-bond donors (Lipinski definition) is 0. The number of ether oxygens (including phenoxy) is 1. The van der Waals surface area contributed by atoms with Crippen LogP contribution in [-0.2, 0) is 26.5 Å². The predicted molar refractivity (Wildman–Crippen MR) is 199 cm³/mol. The molecule has 0 saturated heterocycles. The quantitative estimate of drug-likeness (QED) is 0.162. The number of allylic oxidation sites excluding steroid dienone is 1. The van der Waals surface area contributed by atoms with Crippen LogP contribution in [-0.4, -0.2) is 9.55 Å². The maximum absolute atomic E-state index is 6.51. The molecule has 0 saturated carbocycles. The first-order valence-corrected chi connectivity index (χ1v) is 16.6. The van der Waals surface area contributed by atoms with Crippen LogP contribution in [0.25, 0.3) is 27.6 Å². The molecule has 6 heteroatoms. The van der Waals surface area contributed by atoms with E-state index in [1.54, 1.807) is 0 Å². The zero-order valence-electron chi connectivity index (χ0n) is 29.8. The molecule has 0 spiro atoms. The van der Waals surface area contributed by atoms with Gasteiger partial charge in [0.05, 0.1) is 0 Å². The summed E-state index contributed by atoms with van der Waals surface area (Å²) >= 11 is 0. The minimum Gasteiger partial charge on any atom is -0.509 e. The molecule has 0 atom stereocenters. The number of fused-ring (bicyclic) bond motifs is 3. The van der Waals surface area contributed by atoms with Crippen LogP contribution in [0.1, 0.15) is 63.8 Å². The predicted octanol–water partition coefficient (Wildman–Crippen LogP) is 11.1. The molecule has 1 aliphatic rings. The average Bonchev–Trinajstić information content (AvgIpc) is 3.63. The van der Waals surface area contributed by atoms with E-state index in [1.165, 1.54) is 33.6 Å². The van der Waals surface area contributed by atoms with Gasteiger partial charge in [0.15, 0.2) is 0 Å². The molecule has 49 heavy (non-hydrogen) atoms. The van der Waals surface area contributed by atoms with Crippen molar-refractivity contribution >= 4 is 33.2 Å². The number of para-hydroxylation sites is 1. The van der Waals surface area contributed by atoms with Gasteiger partial charge in [-0.15, -0.1) is 48.1 Å². The van der Waals surface area contributed by atoms with E-state index in [0.29, 0.717) is 11.5 Å². The van der Waals surface area contributed by atoms with Gasteiger partial charge in [-0.2, -0.15) is 12.1 Å². The molecule has 2 aromatic heterocycles. The normalized spacial score (nSPS) is 13.6. The Hall–Kier alpha value is -4.34. The summed E-state index contributed by atoms with van der Waals surface area (Å²) in [7, 11) is 0. The van der Waals surface area contributed by atoms with Gasteiger partial charge in [0.1, 0.15) is 5.82 Å². The Morgan fingerprint density at radius 3 is 2.20 bits per heavy atom. The van der Waals surface area contributed by atoms with Gasteiger partial charge in [-0.3, -0.25) is 0 Å². The maximum Gasteiger partial charge on any atom is 0.135 e. The summed E-state index contributed by atoms with van der Waals surface area (Å²) in [4.78, 5) is 9.26. The van der Waals surface area contributed by atoms with Gasteiger partial charge in [0, 0.05) is 61.1 Å². The van der Waals surface area contributed by atoms with Gasteiger partial charge in [-0.1, -0.05) is 71.3 Å². The van der Waals surface area contributed by atoms with Gasteiger partial charge >= 0.3 is 0 Å². The van der Waals surface area contributed by atoms with Gasteiger partial charge in [0.25, 0.3) is 0 Å². The van der Waals surface area contributed by atoms with Crippen molar-refractivity contribution in [1.82, 2.24) is 9.55 Å². The second-order valence-corrected chi connectivity index (χ2v) is 15.0. The number of hydrogen-bond acceptors (Lipinski definition) is 4. The zero-order valence-corrected chi connectivity index (χ0v) is 32.0. The second kappa shape index (κ2) is 12.8. The van der Waals surface area contributed by atoms with Gasteiger partial charge in [-0.25, -0.2) is 4.98 Å². The summed E-state index contributed by atoms with van der Waals surface area (Å²) in [6, 6.07) is 34.6. The van der Waals surface area contributed by atoms with Gasteiger partial charge in [-0.05, 0) is 84.3 Å². The third kappa shape index (κ3) is 6.54. The fourth-order valence-electron chi connectivity index (χ4n) is 6.45. The molecule has 0 bridgehead atoms. The van der Waals surface area contributed by atoms with Crippen LogP contribution in [0, 0.1) is 45.0 Å². The summed E-state index contributed by atoms with van der Waals surface area (Å²) in [6.45, 7) is 22.1. The molecule has 6 aromatic rings. The van der Waals surface area contributed by atoms with Gasteiger partial charge < -0.3 is 19.1 Å². The van der Waals surface area contributed by atoms with E-state index in [2.05, 4.69) is 162 Å². The molecule has 0 unspecified atom stereocenters. The minimum atomic E-state index is -0.103. The van der Waals surface area contributed by atoms with Crippen molar-refractivity contribution in [3.8, 4) is 17.3 Å². The molecule has 0 radical (unpaired) electrons. The van der Waals surface area contributed by atoms with E-state index in [1.807, 2.05) is 24.4 Å². The van der Waals surface area contributed by atoms with Gasteiger partial charge in [0.2, 0.25) is 0 Å². The number of rotatable bonds is 5. The summed E-state index contributed by atoms with van der Waals surface area (Å²) in [6.07, 6.45) is 4.14. The van der Waals surface area contributed by atoms with Crippen LogP contribution in [0.2, 0.25) is 0 Å². The fourth-order valence-corrected chi connectivity index (χ4v) is 6.45. The Morgan fingerprint density at radius 1 is 0.714 bits per heavy atom. The van der Waals surface area contributed by atoms with E-state index in [0.717, 1.165) is 33.3 Å². The first-order valence-electron chi connectivity index (χ1n) is 16.6. The molecule has 4 aromatic carbocycles. The topological polar surface area (TPSA) is 33.5 Å². The van der Waals surface area contributed by atoms with Crippen molar-refractivity contribution in [2.75, 3.05) is 9.80 Å². The third-order valence-corrected chi connectivity index (χ3v) is 9.25. The maximum atomic E-state index is 6.51. The SMILES string of the molecule is Cc1cc(C)c(N2C=C(C(C)(C)C)N(c3[c-]c(Oc4[c-]c5c(cc4)c4ccccc4n5-c4cc(C(C)(C)C)ccn4)ccc3)[CH-]2)cc1C.[Pt]. The Morgan fingerprint density at radius 2 is 1.45 bits per heavy atom. The summed E-state index contributed by atoms with van der Waals surface area (Å²) in [5.41, 5.74) is 10.2. The molecule has 5 nitrogen and oxygen atoms in total. The van der Waals surface area contributed by atoms with Crippen molar-refractivity contribution < 1.29 is 25.8 Å². The van der Waals surface area contributed by atoms with Crippen LogP contribution < -0.4 is 14.5 Å². The van der Waals surface area contributed by atoms with Crippen molar-refractivity contribution in [3.63, 3.8) is 0 Å². The molecule has 3 heterocycles. The van der Waals surface area contributed by atoms with Crippen LogP contribution in [0.3, 0.4) is 0 Å². The first kappa shape index (κ1) is 34.5. The number of aromatic nitrogens is 2. The smallest absolute Gasteiger partial charge is 0.135 e. The molecule has 0 aliphatic carbocycles. The molecular weight excluding hydrogens is 784 g/mol. The van der Waals surface area contributed by atoms with E-state index < -0.39 is 0 Å². The summed E-state index contributed by atoms with van der Waals surface area (Å²) < 4.78 is 8.70. The Labute approximate surface area is 305 Å². The number of aryl methyl sites for hydroxylation is 3. The van der Waals surface area contributed by atoms with E-state index in [-0.39, 0.29) is 31.9 Å². The largest absolute Gasteiger partial charge is 0.509 e. The number of anilines is 2. The van der Waals surface area contributed by atoms with E-state index >= 15 is 0 Å². The Balaban J connectivity index is 0.00000417. The molecule has 0 N–H and O–H groups in total. The Kier molecular flexibility index (Phi) is 9.05. The van der Waals surface area contributed by atoms with Crippen LogP contribution in [0.4, 0.5) is 11.4 Å². The van der Waals surface area contributed by atoms with Crippen LogP contribution in [0.5, 0.6) is 11.5 Å². The second-order valence-electron chi connectivity index (χ2n) is 15.0. The number of pyridine rings is 1. The van der Waals surface area contributed by atoms with Crippen LogP contribution >= 0.6 is 0 Å². The molecular formula is C43H43N4OPt-3. The van der Waals surface area contributed by atoms with Crippen molar-refractivity contribution in [1.29, 1.82) is 0 Å². The number of nitrogens with zero attached hydrogens (tertiary/aromatic N) is 4. The van der Waals surface area contributed by atoms with E-state index in [9.17, 15) is 0 Å². The Bertz CT molecular complexity index is 2220. The average molecular weight is 827 g/mol. The standard InChI is InChI=1S/C43H43N4O.Pt/c1-28-21-30(3)38(22-29(28)2)45-26-40(43(7,8)9)46(27-45)32-13-12-14-33(24-32)48-34-17-18-36-35-15-10-11-16-37(35)47(39(36)25-34)41-23-31(19-20-44-41)42(4,5)6;/h10-23,26-27H,1-9H3;/q-3;. The first-order chi connectivity index (χ1) is 22.8. The van der Waals surface area contributed by atoms with E-state index in [4.69, 9.17) is 9.72 Å². The molecule has 1 aliphatic heterocycles. The van der Waals surface area contributed by atoms with Crippen molar-refractivity contribution in [2.45, 2.75) is 67.7 Å². The molecule has 0 fully saturated rings. The molecule has 0 amide bonds. The monoisotopic (exact) mass is 826 g/mol.